The summed E-state index contributed by atoms with van der Waals surface area (Å²) in [6.45, 7) is 6.65. The first kappa shape index (κ1) is 12.5. The van der Waals surface area contributed by atoms with Crippen molar-refractivity contribution < 1.29 is 0 Å². The van der Waals surface area contributed by atoms with Gasteiger partial charge in [0, 0.05) is 44.3 Å². The molecule has 0 spiro atoms. The fourth-order valence-corrected chi connectivity index (χ4v) is 5.22. The van der Waals surface area contributed by atoms with Crippen molar-refractivity contribution in [3.63, 3.8) is 0 Å². The van der Waals surface area contributed by atoms with Gasteiger partial charge in [-0.3, -0.25) is 0 Å². The molecular formula is C19H26N2. The van der Waals surface area contributed by atoms with Gasteiger partial charge >= 0.3 is 0 Å². The zero-order chi connectivity index (χ0) is 13.8. The third-order valence-corrected chi connectivity index (χ3v) is 6.45. The Balaban J connectivity index is 1.44. The molecule has 0 unspecified atom stereocenters. The minimum atomic E-state index is 0.814. The summed E-state index contributed by atoms with van der Waals surface area (Å²) in [6, 6.07) is 7.11. The highest BCUT2D eigenvalue weighted by molar-refractivity contribution is 5.64. The number of hydrogen-bond acceptors (Lipinski definition) is 2. The summed E-state index contributed by atoms with van der Waals surface area (Å²) < 4.78 is 0. The van der Waals surface area contributed by atoms with Crippen LogP contribution in [0.4, 0.5) is 5.69 Å². The Morgan fingerprint density at radius 3 is 2.86 bits per heavy atom. The van der Waals surface area contributed by atoms with Crippen molar-refractivity contribution in [3.8, 4) is 0 Å². The predicted molar refractivity (Wildman–Crippen MR) is 87.0 cm³/mol. The van der Waals surface area contributed by atoms with Gasteiger partial charge in [-0.05, 0) is 48.6 Å². The minimum absolute atomic E-state index is 0.814. The lowest BCUT2D eigenvalue weighted by Gasteiger charge is -2.41. The maximum absolute atomic E-state index is 2.79. The first-order valence-corrected chi connectivity index (χ1v) is 8.97. The van der Waals surface area contributed by atoms with Crippen molar-refractivity contribution >= 4 is 5.69 Å². The van der Waals surface area contributed by atoms with Gasteiger partial charge in [-0.15, -0.1) is 0 Å². The molecule has 4 aliphatic rings. The molecule has 1 saturated heterocycles. The van der Waals surface area contributed by atoms with Gasteiger partial charge in [0.1, 0.15) is 0 Å². The highest BCUT2D eigenvalue weighted by Crippen LogP contribution is 2.46. The Bertz CT molecular complexity index is 548. The molecule has 1 saturated carbocycles. The summed E-state index contributed by atoms with van der Waals surface area (Å²) in [7, 11) is 0. The van der Waals surface area contributed by atoms with E-state index in [-0.39, 0.29) is 0 Å². The molecule has 1 aliphatic carbocycles. The van der Waals surface area contributed by atoms with Crippen LogP contribution < -0.4 is 4.90 Å². The zero-order valence-electron chi connectivity index (χ0n) is 12.9. The van der Waals surface area contributed by atoms with Crippen LogP contribution in [0, 0.1) is 11.8 Å². The van der Waals surface area contributed by atoms with Gasteiger partial charge in [-0.2, -0.15) is 0 Å². The van der Waals surface area contributed by atoms with Crippen LogP contribution in [0.2, 0.25) is 0 Å². The molecule has 3 aliphatic heterocycles. The maximum atomic E-state index is 2.79. The number of hydrogen-bond donors (Lipinski definition) is 0. The Morgan fingerprint density at radius 1 is 1.05 bits per heavy atom. The molecule has 2 nitrogen and oxygen atoms in total. The number of nitrogens with zero attached hydrogens (tertiary/aromatic N) is 2. The number of aryl methyl sites for hydroxylation is 1. The fraction of sp³-hybridized carbons (Fsp3) is 0.684. The van der Waals surface area contributed by atoms with Crippen LogP contribution >= 0.6 is 0 Å². The number of benzene rings is 1. The van der Waals surface area contributed by atoms with Crippen LogP contribution in [0.25, 0.3) is 0 Å². The van der Waals surface area contributed by atoms with Crippen molar-refractivity contribution in [2.45, 2.75) is 38.0 Å². The first-order chi connectivity index (χ1) is 10.4. The molecule has 2 heteroatoms. The third kappa shape index (κ3) is 1.95. The summed E-state index contributed by atoms with van der Waals surface area (Å²) in [5, 5.41) is 0. The molecule has 0 bridgehead atoms. The Kier molecular flexibility index (Phi) is 2.83. The van der Waals surface area contributed by atoms with Crippen molar-refractivity contribution in [1.82, 2.24) is 4.90 Å². The van der Waals surface area contributed by atoms with Crippen LogP contribution in [0.5, 0.6) is 0 Å². The maximum Gasteiger partial charge on any atom is 0.0434 e. The van der Waals surface area contributed by atoms with Crippen LogP contribution in [-0.4, -0.2) is 37.6 Å². The van der Waals surface area contributed by atoms with Gasteiger partial charge in [0.25, 0.3) is 0 Å². The Labute approximate surface area is 128 Å². The second-order valence-corrected chi connectivity index (χ2v) is 7.79. The first-order valence-electron chi connectivity index (χ1n) is 8.97. The molecule has 1 aromatic rings. The average molecular weight is 282 g/mol. The highest BCUT2D eigenvalue weighted by Gasteiger charge is 2.41. The van der Waals surface area contributed by atoms with Crippen LogP contribution in [0.15, 0.2) is 18.2 Å². The normalized spacial score (nSPS) is 31.7. The number of likely N-dealkylation sites (tertiary alicyclic amines) is 1. The van der Waals surface area contributed by atoms with Gasteiger partial charge < -0.3 is 9.80 Å². The molecule has 5 rings (SSSR count). The molecule has 112 valence electrons. The van der Waals surface area contributed by atoms with E-state index >= 15 is 0 Å². The molecule has 21 heavy (non-hydrogen) atoms. The monoisotopic (exact) mass is 282 g/mol. The molecule has 0 N–H and O–H groups in total. The summed E-state index contributed by atoms with van der Waals surface area (Å²) in [5.74, 6) is 2.71. The molecule has 2 atom stereocenters. The second-order valence-electron chi connectivity index (χ2n) is 7.79. The molecule has 3 heterocycles. The minimum Gasteiger partial charge on any atom is -0.371 e. The fourth-order valence-electron chi connectivity index (χ4n) is 5.22. The van der Waals surface area contributed by atoms with Crippen LogP contribution in [0.1, 0.15) is 42.7 Å². The summed E-state index contributed by atoms with van der Waals surface area (Å²) >= 11 is 0. The topological polar surface area (TPSA) is 6.48 Å². The van der Waals surface area contributed by atoms with Gasteiger partial charge in [-0.25, -0.2) is 0 Å². The van der Waals surface area contributed by atoms with E-state index in [1.807, 2.05) is 0 Å². The van der Waals surface area contributed by atoms with Gasteiger partial charge in [-0.1, -0.05) is 24.6 Å². The number of rotatable bonds is 2. The summed E-state index contributed by atoms with van der Waals surface area (Å²) in [4.78, 5) is 5.50. The van der Waals surface area contributed by atoms with Crippen molar-refractivity contribution in [2.75, 3.05) is 37.6 Å². The van der Waals surface area contributed by atoms with E-state index < -0.39 is 0 Å². The van der Waals surface area contributed by atoms with Crippen LogP contribution in [-0.2, 0) is 6.42 Å². The Morgan fingerprint density at radius 2 is 2.00 bits per heavy atom. The quantitative estimate of drug-likeness (QED) is 0.821. The molecule has 1 aromatic carbocycles. The van der Waals surface area contributed by atoms with Gasteiger partial charge in [0.15, 0.2) is 0 Å². The van der Waals surface area contributed by atoms with Crippen molar-refractivity contribution in [1.29, 1.82) is 0 Å². The van der Waals surface area contributed by atoms with Crippen LogP contribution in [0.3, 0.4) is 0 Å². The van der Waals surface area contributed by atoms with E-state index in [0.29, 0.717) is 0 Å². The SMILES string of the molecule is c1cc2c3c(c1)[C@H]1CN(CC4CCC4)C[C@H]1CN3CCC2. The molecule has 0 radical (unpaired) electrons. The smallest absolute Gasteiger partial charge is 0.0434 e. The largest absolute Gasteiger partial charge is 0.371 e. The van der Waals surface area contributed by atoms with E-state index in [1.165, 1.54) is 64.8 Å². The number of para-hydroxylation sites is 1. The van der Waals surface area contributed by atoms with Crippen molar-refractivity contribution in [2.24, 2.45) is 11.8 Å². The third-order valence-electron chi connectivity index (χ3n) is 6.45. The predicted octanol–water partition coefficient (Wildman–Crippen LogP) is 3.27. The van der Waals surface area contributed by atoms with Gasteiger partial charge in [0.05, 0.1) is 0 Å². The lowest BCUT2D eigenvalue weighted by molar-refractivity contribution is 0.200. The summed E-state index contributed by atoms with van der Waals surface area (Å²) in [5.41, 5.74) is 4.93. The zero-order valence-corrected chi connectivity index (χ0v) is 12.9. The number of fused-ring (bicyclic) bond motifs is 2. The standard InChI is InChI=1S/C19H26N2/c1-4-14(5-1)10-20-11-16-12-21-9-3-7-15-6-2-8-17(19(15)21)18(16)13-20/h2,6,8,14,16,18H,1,3-5,7,9-13H2/t16-,18-/m0/s1. The molecule has 2 fully saturated rings. The lowest BCUT2D eigenvalue weighted by atomic mass is 9.80. The number of anilines is 1. The Hall–Kier alpha value is -1.02. The van der Waals surface area contributed by atoms with Gasteiger partial charge in [0.2, 0.25) is 0 Å². The van der Waals surface area contributed by atoms with E-state index in [9.17, 15) is 0 Å². The summed E-state index contributed by atoms with van der Waals surface area (Å²) in [6.07, 6.45) is 7.09. The molecular weight excluding hydrogens is 256 g/mol. The van der Waals surface area contributed by atoms with Crippen molar-refractivity contribution in [3.05, 3.63) is 29.3 Å². The molecule has 0 aromatic heterocycles. The molecule has 0 amide bonds. The highest BCUT2D eigenvalue weighted by atomic mass is 15.2. The van der Waals surface area contributed by atoms with E-state index in [1.54, 1.807) is 16.8 Å². The average Bonchev–Trinajstić information content (AvgIpc) is 2.86. The van der Waals surface area contributed by atoms with E-state index in [2.05, 4.69) is 28.0 Å². The lowest BCUT2D eigenvalue weighted by Crippen LogP contribution is -2.41. The van der Waals surface area contributed by atoms with E-state index in [0.717, 1.165) is 17.8 Å². The van der Waals surface area contributed by atoms with E-state index in [4.69, 9.17) is 0 Å². The second kappa shape index (κ2) is 4.74.